The van der Waals surface area contributed by atoms with Crippen LogP contribution in [0.4, 0.5) is 0 Å². The molecule has 2 nitrogen and oxygen atoms in total. The first-order valence-corrected chi connectivity index (χ1v) is 10.0. The van der Waals surface area contributed by atoms with Gasteiger partial charge in [0.25, 0.3) is 0 Å². The van der Waals surface area contributed by atoms with E-state index in [0.29, 0.717) is 0 Å². The van der Waals surface area contributed by atoms with Crippen LogP contribution in [0.1, 0.15) is 97.3 Å². The van der Waals surface area contributed by atoms with E-state index in [0.717, 1.165) is 17.8 Å². The third-order valence-electron chi connectivity index (χ3n) is 4.45. The molecule has 0 bridgehead atoms. The topological polar surface area (TPSA) is 9.23 Å². The Hall–Kier alpha value is 0.210. The minimum Gasteiger partial charge on any atom is -1.00 e. The van der Waals surface area contributed by atoms with E-state index in [2.05, 4.69) is 27.9 Å². The molecule has 0 amide bonds. The van der Waals surface area contributed by atoms with Crippen molar-refractivity contribution in [2.45, 2.75) is 97.3 Å². The van der Waals surface area contributed by atoms with E-state index < -0.39 is 0 Å². The van der Waals surface area contributed by atoms with Gasteiger partial charge in [-0.05, 0) is 19.3 Å². The van der Waals surface area contributed by atoms with Crippen molar-refractivity contribution in [1.82, 2.24) is 0 Å². The normalized spacial score (nSPS) is 11.5. The lowest BCUT2D eigenvalue weighted by Gasteiger charge is -2.29. The molecule has 142 valence electrons. The van der Waals surface area contributed by atoms with E-state index in [9.17, 15) is 0 Å². The number of rotatable bonds is 17. The zero-order valence-corrected chi connectivity index (χ0v) is 17.3. The monoisotopic (exact) mass is 349 g/mol. The molecule has 0 unspecified atom stereocenters. The zero-order valence-electron chi connectivity index (χ0n) is 16.5. The number of ether oxygens (including phenoxy) is 1. The van der Waals surface area contributed by atoms with Gasteiger partial charge >= 0.3 is 0 Å². The first kappa shape index (κ1) is 25.5. The molecule has 0 heterocycles. The third-order valence-corrected chi connectivity index (χ3v) is 4.45. The van der Waals surface area contributed by atoms with Crippen LogP contribution in [-0.4, -0.2) is 38.5 Å². The first-order chi connectivity index (χ1) is 10.6. The van der Waals surface area contributed by atoms with E-state index in [1.807, 2.05) is 0 Å². The Kier molecular flexibility index (Phi) is 20.5. The molecule has 0 aliphatic rings. The van der Waals surface area contributed by atoms with Crippen LogP contribution in [-0.2, 0) is 4.74 Å². The Morgan fingerprint density at radius 1 is 0.609 bits per heavy atom. The lowest BCUT2D eigenvalue weighted by Crippen LogP contribution is -3.00. The van der Waals surface area contributed by atoms with Crippen molar-refractivity contribution in [2.24, 2.45) is 0 Å². The van der Waals surface area contributed by atoms with Crippen LogP contribution in [0.5, 0.6) is 0 Å². The summed E-state index contributed by atoms with van der Waals surface area (Å²) in [6.45, 7) is 7.63. The summed E-state index contributed by atoms with van der Waals surface area (Å²) in [6.07, 6.45) is 17.9. The van der Waals surface area contributed by atoms with Crippen molar-refractivity contribution < 1.29 is 21.6 Å². The average molecular weight is 350 g/mol. The fourth-order valence-electron chi connectivity index (χ4n) is 2.86. The van der Waals surface area contributed by atoms with Gasteiger partial charge in [-0.1, -0.05) is 78.1 Å². The molecule has 0 aromatic rings. The number of quaternary nitrogens is 1. The number of nitrogens with zero attached hydrogens (tertiary/aromatic N) is 1. The highest BCUT2D eigenvalue weighted by atomic mass is 35.5. The van der Waals surface area contributed by atoms with Crippen molar-refractivity contribution in [2.75, 3.05) is 34.0 Å². The quantitative estimate of drug-likeness (QED) is 0.223. The molecule has 23 heavy (non-hydrogen) atoms. The van der Waals surface area contributed by atoms with Crippen LogP contribution >= 0.6 is 0 Å². The van der Waals surface area contributed by atoms with Gasteiger partial charge in [0, 0.05) is 0 Å². The summed E-state index contributed by atoms with van der Waals surface area (Å²) in [6, 6.07) is 0. The van der Waals surface area contributed by atoms with Gasteiger partial charge in [0.15, 0.2) is 6.73 Å². The van der Waals surface area contributed by atoms with Gasteiger partial charge in [-0.2, -0.15) is 0 Å². The molecule has 0 saturated heterocycles. The summed E-state index contributed by atoms with van der Waals surface area (Å²) in [5, 5.41) is 0. The summed E-state index contributed by atoms with van der Waals surface area (Å²) in [4.78, 5) is 0. The Morgan fingerprint density at radius 2 is 1.04 bits per heavy atom. The van der Waals surface area contributed by atoms with Crippen LogP contribution in [0.3, 0.4) is 0 Å². The molecule has 0 rings (SSSR count). The Labute approximate surface area is 153 Å². The van der Waals surface area contributed by atoms with E-state index in [1.54, 1.807) is 0 Å². The molecular weight excluding hydrogens is 306 g/mol. The molecule has 0 aromatic heterocycles. The molecule has 0 aliphatic carbocycles. The van der Waals surface area contributed by atoms with Crippen molar-refractivity contribution in [3.8, 4) is 0 Å². The number of halogens is 1. The SMILES string of the molecule is CCCCCCCCCC[N+](C)(C)COCCCCCCC.[Cl-]. The van der Waals surface area contributed by atoms with Gasteiger partial charge in [0.05, 0.1) is 27.2 Å². The van der Waals surface area contributed by atoms with Crippen molar-refractivity contribution in [1.29, 1.82) is 0 Å². The van der Waals surface area contributed by atoms with Crippen LogP contribution in [0, 0.1) is 0 Å². The Balaban J connectivity index is 0. The van der Waals surface area contributed by atoms with Crippen molar-refractivity contribution in [3.05, 3.63) is 0 Å². The van der Waals surface area contributed by atoms with Gasteiger partial charge in [0.2, 0.25) is 0 Å². The van der Waals surface area contributed by atoms with Gasteiger partial charge in [-0.3, -0.25) is 0 Å². The van der Waals surface area contributed by atoms with Crippen LogP contribution in [0.2, 0.25) is 0 Å². The van der Waals surface area contributed by atoms with Crippen LogP contribution in [0.25, 0.3) is 0 Å². The minimum atomic E-state index is 0. The maximum atomic E-state index is 5.87. The highest BCUT2D eigenvalue weighted by molar-refractivity contribution is 4.46. The average Bonchev–Trinajstić information content (AvgIpc) is 2.49. The molecule has 0 aliphatic heterocycles. The van der Waals surface area contributed by atoms with E-state index in [1.165, 1.54) is 90.0 Å². The standard InChI is InChI=1S/C20H44NO.ClH/c1-5-7-9-11-12-13-14-16-18-21(3,4)20-22-19-17-15-10-8-6-2;/h5-20H2,1-4H3;1H/q+1;/p-1. The number of hydrogen-bond acceptors (Lipinski definition) is 1. The van der Waals surface area contributed by atoms with E-state index in [4.69, 9.17) is 4.74 Å². The molecule has 0 aromatic carbocycles. The number of unbranched alkanes of at least 4 members (excludes halogenated alkanes) is 11. The van der Waals surface area contributed by atoms with Gasteiger partial charge in [-0.15, -0.1) is 0 Å². The summed E-state index contributed by atoms with van der Waals surface area (Å²) < 4.78 is 6.89. The second-order valence-electron chi connectivity index (χ2n) is 7.59. The first-order valence-electron chi connectivity index (χ1n) is 10.0. The molecule has 0 spiro atoms. The predicted molar refractivity (Wildman–Crippen MR) is 99.2 cm³/mol. The smallest absolute Gasteiger partial charge is 0.182 e. The largest absolute Gasteiger partial charge is 1.00 e. The molecule has 0 fully saturated rings. The Morgan fingerprint density at radius 3 is 1.57 bits per heavy atom. The van der Waals surface area contributed by atoms with Crippen LogP contribution in [0.15, 0.2) is 0 Å². The number of hydrogen-bond donors (Lipinski definition) is 0. The molecule has 3 heteroatoms. The molecular formula is C20H44ClNO. The second-order valence-corrected chi connectivity index (χ2v) is 7.59. The molecule has 0 N–H and O–H groups in total. The van der Waals surface area contributed by atoms with Gasteiger partial charge in [-0.25, -0.2) is 0 Å². The molecule has 0 radical (unpaired) electrons. The van der Waals surface area contributed by atoms with Crippen LogP contribution < -0.4 is 12.4 Å². The Bertz CT molecular complexity index is 222. The lowest BCUT2D eigenvalue weighted by molar-refractivity contribution is -0.909. The van der Waals surface area contributed by atoms with Gasteiger partial charge in [0.1, 0.15) is 0 Å². The van der Waals surface area contributed by atoms with E-state index >= 15 is 0 Å². The highest BCUT2D eigenvalue weighted by Gasteiger charge is 2.13. The fraction of sp³-hybridized carbons (Fsp3) is 1.00. The zero-order chi connectivity index (χ0) is 16.5. The van der Waals surface area contributed by atoms with E-state index in [-0.39, 0.29) is 12.4 Å². The summed E-state index contributed by atoms with van der Waals surface area (Å²) >= 11 is 0. The molecule has 0 saturated carbocycles. The van der Waals surface area contributed by atoms with Crippen molar-refractivity contribution in [3.63, 3.8) is 0 Å². The third kappa shape index (κ3) is 20.2. The fourth-order valence-corrected chi connectivity index (χ4v) is 2.86. The summed E-state index contributed by atoms with van der Waals surface area (Å²) in [7, 11) is 4.61. The van der Waals surface area contributed by atoms with Crippen molar-refractivity contribution >= 4 is 0 Å². The van der Waals surface area contributed by atoms with Gasteiger partial charge < -0.3 is 21.6 Å². The summed E-state index contributed by atoms with van der Waals surface area (Å²) in [5.41, 5.74) is 0. The predicted octanol–water partition coefficient (Wildman–Crippen LogP) is 3.15. The maximum Gasteiger partial charge on any atom is 0.182 e. The second kappa shape index (κ2) is 18.5. The maximum absolute atomic E-state index is 5.87. The highest BCUT2D eigenvalue weighted by Crippen LogP contribution is 2.10. The summed E-state index contributed by atoms with van der Waals surface area (Å²) in [5.74, 6) is 0. The lowest BCUT2D eigenvalue weighted by atomic mass is 10.1. The minimum absolute atomic E-state index is 0. The molecule has 0 atom stereocenters.